The fraction of sp³-hybridized carbons (Fsp3) is 1.00. The molecule has 3 heteroatoms. The lowest BCUT2D eigenvalue weighted by molar-refractivity contribution is 0.140. The molecule has 0 spiro atoms. The van der Waals surface area contributed by atoms with Crippen LogP contribution in [0.15, 0.2) is 0 Å². The first kappa shape index (κ1) is 8.97. The van der Waals surface area contributed by atoms with Crippen molar-refractivity contribution in [3.8, 4) is 0 Å². The number of hydrogen-bond donors (Lipinski definition) is 1. The van der Waals surface area contributed by atoms with Gasteiger partial charge in [-0.05, 0) is 13.0 Å². The van der Waals surface area contributed by atoms with Crippen LogP contribution in [-0.2, 0) is 4.74 Å². The van der Waals surface area contributed by atoms with Gasteiger partial charge in [0, 0.05) is 12.6 Å². The molecule has 1 aliphatic rings. The maximum Gasteiger partial charge on any atom is 0.0625 e. The van der Waals surface area contributed by atoms with Crippen LogP contribution >= 0.6 is 0 Å². The molecule has 2 atom stereocenters. The second-order valence-electron chi connectivity index (χ2n) is 3.29. The Bertz CT molecular complexity index is 119. The lowest BCUT2D eigenvalue weighted by Gasteiger charge is -2.25. The molecule has 1 aliphatic heterocycles. The third-order valence-corrected chi connectivity index (χ3v) is 2.35. The highest BCUT2D eigenvalue weighted by Crippen LogP contribution is 2.16. The van der Waals surface area contributed by atoms with Crippen molar-refractivity contribution < 1.29 is 9.84 Å². The van der Waals surface area contributed by atoms with Gasteiger partial charge in [-0.2, -0.15) is 0 Å². The Kier molecular flexibility index (Phi) is 3.30. The van der Waals surface area contributed by atoms with E-state index < -0.39 is 0 Å². The zero-order chi connectivity index (χ0) is 8.27. The molecule has 2 unspecified atom stereocenters. The van der Waals surface area contributed by atoms with Gasteiger partial charge in [-0.1, -0.05) is 6.92 Å². The van der Waals surface area contributed by atoms with E-state index in [4.69, 9.17) is 9.84 Å². The molecule has 1 heterocycles. The first-order chi connectivity index (χ1) is 5.25. The molecule has 0 amide bonds. The minimum Gasteiger partial charge on any atom is -0.395 e. The van der Waals surface area contributed by atoms with Crippen LogP contribution in [0.25, 0.3) is 0 Å². The Labute approximate surface area is 68.0 Å². The summed E-state index contributed by atoms with van der Waals surface area (Å²) in [7, 11) is 2.03. The average molecular weight is 159 g/mol. The highest BCUT2D eigenvalue weighted by molar-refractivity contribution is 4.78. The van der Waals surface area contributed by atoms with Crippen LogP contribution in [-0.4, -0.2) is 49.5 Å². The Morgan fingerprint density at radius 1 is 1.55 bits per heavy atom. The summed E-state index contributed by atoms with van der Waals surface area (Å²) in [5, 5.41) is 8.70. The average Bonchev–Trinajstić information content (AvgIpc) is 2.36. The smallest absolute Gasteiger partial charge is 0.0625 e. The largest absolute Gasteiger partial charge is 0.395 e. The van der Waals surface area contributed by atoms with Crippen LogP contribution < -0.4 is 0 Å². The summed E-state index contributed by atoms with van der Waals surface area (Å²) in [4.78, 5) is 2.16. The normalized spacial score (nSPS) is 31.6. The van der Waals surface area contributed by atoms with E-state index in [1.165, 1.54) is 0 Å². The second-order valence-corrected chi connectivity index (χ2v) is 3.29. The van der Waals surface area contributed by atoms with E-state index in [9.17, 15) is 0 Å². The summed E-state index contributed by atoms with van der Waals surface area (Å²) in [6, 6.07) is 0.502. The van der Waals surface area contributed by atoms with Gasteiger partial charge in [0.25, 0.3) is 0 Å². The Hall–Kier alpha value is -0.120. The maximum absolute atomic E-state index is 8.70. The van der Waals surface area contributed by atoms with Crippen molar-refractivity contribution >= 4 is 0 Å². The van der Waals surface area contributed by atoms with E-state index in [1.54, 1.807) is 0 Å². The summed E-state index contributed by atoms with van der Waals surface area (Å²) in [5.74, 6) is 0.603. The number of nitrogens with zero attached hydrogens (tertiary/aromatic N) is 1. The first-order valence-corrected chi connectivity index (χ1v) is 4.14. The first-order valence-electron chi connectivity index (χ1n) is 4.14. The number of ether oxygens (including phenoxy) is 1. The molecule has 1 N–H and O–H groups in total. The molecule has 0 bridgehead atoms. The molecular weight excluding hydrogens is 142 g/mol. The topological polar surface area (TPSA) is 32.7 Å². The zero-order valence-corrected chi connectivity index (χ0v) is 7.29. The fourth-order valence-corrected chi connectivity index (χ4v) is 1.54. The van der Waals surface area contributed by atoms with Gasteiger partial charge in [0.2, 0.25) is 0 Å². The molecule has 0 aromatic rings. The molecule has 0 saturated carbocycles. The van der Waals surface area contributed by atoms with E-state index in [-0.39, 0.29) is 6.61 Å². The minimum absolute atomic E-state index is 0.236. The lowest BCUT2D eigenvalue weighted by Crippen LogP contribution is -2.38. The summed E-state index contributed by atoms with van der Waals surface area (Å²) in [5.41, 5.74) is 0. The van der Waals surface area contributed by atoms with Crippen LogP contribution in [0.5, 0.6) is 0 Å². The number of hydrogen-bond acceptors (Lipinski definition) is 3. The van der Waals surface area contributed by atoms with Gasteiger partial charge in [-0.25, -0.2) is 0 Å². The summed E-state index contributed by atoms with van der Waals surface area (Å²) >= 11 is 0. The van der Waals surface area contributed by atoms with E-state index in [1.807, 2.05) is 7.05 Å². The van der Waals surface area contributed by atoms with Gasteiger partial charge in [0.1, 0.15) is 0 Å². The third-order valence-electron chi connectivity index (χ3n) is 2.35. The van der Waals surface area contributed by atoms with Crippen molar-refractivity contribution in [1.29, 1.82) is 0 Å². The van der Waals surface area contributed by atoms with E-state index in [0.717, 1.165) is 19.8 Å². The predicted octanol–water partition coefficient (Wildman–Crippen LogP) is -0.0546. The van der Waals surface area contributed by atoms with Crippen molar-refractivity contribution in [3.05, 3.63) is 0 Å². The Morgan fingerprint density at radius 2 is 2.27 bits per heavy atom. The van der Waals surface area contributed by atoms with Gasteiger partial charge in [0.15, 0.2) is 0 Å². The monoisotopic (exact) mass is 159 g/mol. The van der Waals surface area contributed by atoms with Gasteiger partial charge < -0.3 is 9.84 Å². The number of likely N-dealkylation sites (N-methyl/N-ethyl adjacent to an activating group) is 1. The number of rotatable bonds is 3. The maximum atomic E-state index is 8.70. The van der Waals surface area contributed by atoms with Crippen LogP contribution in [0.4, 0.5) is 0 Å². The Balaban J connectivity index is 2.33. The summed E-state index contributed by atoms with van der Waals surface area (Å²) < 4.78 is 5.31. The molecule has 0 aromatic carbocycles. The molecule has 1 fully saturated rings. The van der Waals surface area contributed by atoms with Crippen LogP contribution in [0.1, 0.15) is 6.92 Å². The van der Waals surface area contributed by atoms with Crippen LogP contribution in [0.2, 0.25) is 0 Å². The second kappa shape index (κ2) is 4.04. The number of aliphatic hydroxyl groups is 1. The van der Waals surface area contributed by atoms with E-state index in [2.05, 4.69) is 11.8 Å². The van der Waals surface area contributed by atoms with Crippen LogP contribution in [0, 0.1) is 5.92 Å². The van der Waals surface area contributed by atoms with Gasteiger partial charge in [-0.3, -0.25) is 4.90 Å². The molecule has 0 aromatic heterocycles. The minimum atomic E-state index is 0.236. The predicted molar refractivity (Wildman–Crippen MR) is 43.5 cm³/mol. The fourth-order valence-electron chi connectivity index (χ4n) is 1.54. The molecule has 1 rings (SSSR count). The van der Waals surface area contributed by atoms with Crippen molar-refractivity contribution in [1.82, 2.24) is 4.90 Å². The summed E-state index contributed by atoms with van der Waals surface area (Å²) in [6.07, 6.45) is 0. The van der Waals surface area contributed by atoms with Gasteiger partial charge in [0.05, 0.1) is 19.8 Å². The lowest BCUT2D eigenvalue weighted by atomic mass is 10.1. The molecule has 1 saturated heterocycles. The number of aliphatic hydroxyl groups excluding tert-OH is 1. The molecule has 0 radical (unpaired) electrons. The summed E-state index contributed by atoms with van der Waals surface area (Å²) in [6.45, 7) is 4.85. The van der Waals surface area contributed by atoms with Crippen molar-refractivity contribution in [2.45, 2.75) is 13.0 Å². The third kappa shape index (κ3) is 2.15. The molecule has 0 aliphatic carbocycles. The SMILES string of the molecule is CC1COCC1N(C)CCO. The van der Waals surface area contributed by atoms with Gasteiger partial charge in [-0.15, -0.1) is 0 Å². The van der Waals surface area contributed by atoms with Crippen molar-refractivity contribution in [3.63, 3.8) is 0 Å². The molecule has 11 heavy (non-hydrogen) atoms. The molecular formula is C8H17NO2. The Morgan fingerprint density at radius 3 is 2.73 bits per heavy atom. The van der Waals surface area contributed by atoms with Crippen LogP contribution in [0.3, 0.4) is 0 Å². The van der Waals surface area contributed by atoms with Crippen molar-refractivity contribution in [2.75, 3.05) is 33.4 Å². The standard InChI is InChI=1S/C8H17NO2/c1-7-5-11-6-8(7)9(2)3-4-10/h7-8,10H,3-6H2,1-2H3. The van der Waals surface area contributed by atoms with Gasteiger partial charge >= 0.3 is 0 Å². The van der Waals surface area contributed by atoms with E-state index in [0.29, 0.717) is 12.0 Å². The highest BCUT2D eigenvalue weighted by atomic mass is 16.5. The van der Waals surface area contributed by atoms with Crippen molar-refractivity contribution in [2.24, 2.45) is 5.92 Å². The quantitative estimate of drug-likeness (QED) is 0.626. The zero-order valence-electron chi connectivity index (χ0n) is 7.29. The molecule has 3 nitrogen and oxygen atoms in total. The molecule has 66 valence electrons. The van der Waals surface area contributed by atoms with E-state index >= 15 is 0 Å². The highest BCUT2D eigenvalue weighted by Gasteiger charge is 2.27.